The molecule has 5 rings (SSSR count). The number of aliphatic hydroxyl groups excluding tert-OH is 1. The fourth-order valence-electron chi connectivity index (χ4n) is 4.00. The van der Waals surface area contributed by atoms with Crippen molar-refractivity contribution in [2.45, 2.75) is 53.6 Å². The zero-order valence-electron chi connectivity index (χ0n) is 27.0. The first-order chi connectivity index (χ1) is 20.9. The number of benzene rings is 3. The highest BCUT2D eigenvalue weighted by Gasteiger charge is 2.14. The van der Waals surface area contributed by atoms with Gasteiger partial charge in [0.05, 0.1) is 0 Å². The van der Waals surface area contributed by atoms with E-state index in [-0.39, 0.29) is 0 Å². The van der Waals surface area contributed by atoms with Gasteiger partial charge in [0.15, 0.2) is 0 Å². The summed E-state index contributed by atoms with van der Waals surface area (Å²) in [7, 11) is 2.96. The van der Waals surface area contributed by atoms with Crippen LogP contribution in [0.2, 0.25) is 0 Å². The lowest BCUT2D eigenvalue weighted by atomic mass is 9.94. The quantitative estimate of drug-likeness (QED) is 0.194. The van der Waals surface area contributed by atoms with Crippen molar-refractivity contribution in [1.29, 1.82) is 0 Å². The van der Waals surface area contributed by atoms with Crippen LogP contribution < -0.4 is 10.6 Å². The summed E-state index contributed by atoms with van der Waals surface area (Å²) in [6.07, 6.45) is 5.75. The summed E-state index contributed by atoms with van der Waals surface area (Å²) in [6.45, 7) is 15.2. The Bertz CT molecular complexity index is 1470. The standard InChI is InChI=1S/C28H23N3.C5H13N.C2H6.CH4O.CH2O/c1-20-15-23(18-29-16-20)26-19-31-28(30-17-21-9-4-2-5-10-21)27-24(13-8-14-25(26)27)22-11-6-3-7-12-22;1-5(2,3)6-4;3*1-2/h2-16,18-19H,17H2,1H3,(H,30,31);6H,1-4H3;1-2H3;2H,1H3;1H2. The average Bonchev–Trinajstić information content (AvgIpc) is 3.07. The first kappa shape index (κ1) is 36.6. The summed E-state index contributed by atoms with van der Waals surface area (Å²) in [5.41, 5.74) is 7.17. The predicted molar refractivity (Wildman–Crippen MR) is 184 cm³/mol. The van der Waals surface area contributed by atoms with Gasteiger partial charge in [-0.2, -0.15) is 0 Å². The number of rotatable bonds is 5. The predicted octanol–water partition coefficient (Wildman–Crippen LogP) is 8.34. The van der Waals surface area contributed by atoms with Crippen LogP contribution >= 0.6 is 0 Å². The number of hydrogen-bond acceptors (Lipinski definition) is 6. The Hall–Kier alpha value is -4.39. The molecule has 6 heteroatoms. The third-order valence-corrected chi connectivity index (χ3v) is 6.24. The Morgan fingerprint density at radius 1 is 0.767 bits per heavy atom. The minimum absolute atomic E-state index is 0.292. The zero-order valence-corrected chi connectivity index (χ0v) is 27.0. The molecule has 5 aromatic rings. The number of hydrogen-bond donors (Lipinski definition) is 3. The Morgan fingerprint density at radius 2 is 1.35 bits per heavy atom. The van der Waals surface area contributed by atoms with E-state index in [4.69, 9.17) is 14.9 Å². The third-order valence-electron chi connectivity index (χ3n) is 6.24. The van der Waals surface area contributed by atoms with E-state index in [2.05, 4.69) is 116 Å². The van der Waals surface area contributed by atoms with E-state index < -0.39 is 0 Å². The van der Waals surface area contributed by atoms with Crippen LogP contribution in [0.1, 0.15) is 45.7 Å². The molecular weight excluding hydrogens is 532 g/mol. The molecule has 0 aliphatic carbocycles. The number of fused-ring (bicyclic) bond motifs is 1. The maximum atomic E-state index is 8.00. The molecule has 2 aromatic heterocycles. The molecule has 0 fully saturated rings. The van der Waals surface area contributed by atoms with E-state index in [0.29, 0.717) is 5.54 Å². The summed E-state index contributed by atoms with van der Waals surface area (Å²) in [5, 5.41) is 16.0. The summed E-state index contributed by atoms with van der Waals surface area (Å²) in [6, 6.07) is 29.5. The van der Waals surface area contributed by atoms with Crippen molar-refractivity contribution in [3.05, 3.63) is 115 Å². The molecule has 0 bridgehead atoms. The van der Waals surface area contributed by atoms with Crippen molar-refractivity contribution in [1.82, 2.24) is 15.3 Å². The van der Waals surface area contributed by atoms with Gasteiger partial charge in [-0.25, -0.2) is 4.98 Å². The van der Waals surface area contributed by atoms with Crippen molar-refractivity contribution in [2.24, 2.45) is 0 Å². The van der Waals surface area contributed by atoms with Crippen LogP contribution in [0.15, 0.2) is 104 Å². The van der Waals surface area contributed by atoms with E-state index >= 15 is 0 Å². The molecular formula is C37H48N4O2. The lowest BCUT2D eigenvalue weighted by molar-refractivity contribution is -0.0980. The maximum Gasteiger partial charge on any atom is 0.134 e. The van der Waals surface area contributed by atoms with Crippen molar-refractivity contribution in [3.63, 3.8) is 0 Å². The second-order valence-corrected chi connectivity index (χ2v) is 10.2. The zero-order chi connectivity index (χ0) is 32.3. The average molecular weight is 581 g/mol. The number of carbonyl (C=O) groups is 1. The van der Waals surface area contributed by atoms with Crippen LogP contribution in [-0.4, -0.2) is 41.6 Å². The summed E-state index contributed by atoms with van der Waals surface area (Å²) >= 11 is 0. The van der Waals surface area contributed by atoms with Crippen LogP contribution in [0.5, 0.6) is 0 Å². The highest BCUT2D eigenvalue weighted by atomic mass is 16.2. The molecule has 0 radical (unpaired) electrons. The summed E-state index contributed by atoms with van der Waals surface area (Å²) < 4.78 is 0. The van der Waals surface area contributed by atoms with Gasteiger partial charge in [0, 0.05) is 54.3 Å². The SMILES string of the molecule is C=O.CC.CNC(C)(C)C.CO.Cc1cncc(-c2cnc(NCc3ccccc3)c3c(-c4ccccc4)cccc23)c1. The van der Waals surface area contributed by atoms with Gasteiger partial charge in [-0.15, -0.1) is 0 Å². The lowest BCUT2D eigenvalue weighted by Gasteiger charge is -2.16. The van der Waals surface area contributed by atoms with Gasteiger partial charge in [0.1, 0.15) is 12.6 Å². The van der Waals surface area contributed by atoms with Crippen LogP contribution in [0.25, 0.3) is 33.0 Å². The van der Waals surface area contributed by atoms with Gasteiger partial charge in [-0.1, -0.05) is 92.7 Å². The molecule has 0 aliphatic rings. The molecule has 2 heterocycles. The molecule has 6 nitrogen and oxygen atoms in total. The van der Waals surface area contributed by atoms with Gasteiger partial charge in [0.25, 0.3) is 0 Å². The van der Waals surface area contributed by atoms with E-state index in [0.717, 1.165) is 41.5 Å². The fraction of sp³-hybridized carbons (Fsp3) is 0.270. The highest BCUT2D eigenvalue weighted by molar-refractivity contribution is 6.09. The van der Waals surface area contributed by atoms with E-state index in [9.17, 15) is 0 Å². The number of pyridine rings is 2. The molecule has 0 aliphatic heterocycles. The van der Waals surface area contributed by atoms with Crippen LogP contribution in [0.3, 0.4) is 0 Å². The van der Waals surface area contributed by atoms with E-state index in [1.54, 1.807) is 0 Å². The topological polar surface area (TPSA) is 87.1 Å². The number of carbonyl (C=O) groups excluding carboxylic acids is 1. The first-order valence-corrected chi connectivity index (χ1v) is 14.4. The summed E-state index contributed by atoms with van der Waals surface area (Å²) in [5.74, 6) is 0.891. The minimum Gasteiger partial charge on any atom is -0.400 e. The van der Waals surface area contributed by atoms with Crippen LogP contribution in [0, 0.1) is 6.92 Å². The molecule has 3 aromatic carbocycles. The fourth-order valence-corrected chi connectivity index (χ4v) is 4.00. The van der Waals surface area contributed by atoms with E-state index in [1.807, 2.05) is 58.4 Å². The van der Waals surface area contributed by atoms with Crippen molar-refractivity contribution in [2.75, 3.05) is 19.5 Å². The van der Waals surface area contributed by atoms with Crippen molar-refractivity contribution >= 4 is 23.4 Å². The number of aromatic nitrogens is 2. The molecule has 228 valence electrons. The van der Waals surface area contributed by atoms with Gasteiger partial charge >= 0.3 is 0 Å². The normalized spacial score (nSPS) is 9.88. The Kier molecular flexibility index (Phi) is 16.8. The van der Waals surface area contributed by atoms with Crippen LogP contribution in [-0.2, 0) is 11.3 Å². The van der Waals surface area contributed by atoms with Gasteiger partial charge in [-0.3, -0.25) is 4.98 Å². The molecule has 0 spiro atoms. The summed E-state index contributed by atoms with van der Waals surface area (Å²) in [4.78, 5) is 17.3. The molecule has 43 heavy (non-hydrogen) atoms. The van der Waals surface area contributed by atoms with Gasteiger partial charge < -0.3 is 20.5 Å². The number of aryl methyl sites for hydroxylation is 1. The van der Waals surface area contributed by atoms with Crippen molar-refractivity contribution < 1.29 is 9.90 Å². The van der Waals surface area contributed by atoms with Crippen molar-refractivity contribution in [3.8, 4) is 22.3 Å². The maximum absolute atomic E-state index is 8.00. The van der Waals surface area contributed by atoms with Crippen LogP contribution in [0.4, 0.5) is 5.82 Å². The van der Waals surface area contributed by atoms with Gasteiger partial charge in [-0.05, 0) is 68.4 Å². The largest absolute Gasteiger partial charge is 0.400 e. The molecule has 0 saturated heterocycles. The number of anilines is 1. The number of aliphatic hydroxyl groups is 1. The first-order valence-electron chi connectivity index (χ1n) is 14.4. The van der Waals surface area contributed by atoms with E-state index in [1.165, 1.54) is 22.1 Å². The Balaban J connectivity index is 0.000000672. The number of nitrogens with one attached hydrogen (secondary N) is 2. The molecule has 3 N–H and O–H groups in total. The Labute approximate surface area is 258 Å². The molecule has 0 saturated carbocycles. The minimum atomic E-state index is 0.292. The highest BCUT2D eigenvalue weighted by Crippen LogP contribution is 2.38. The Morgan fingerprint density at radius 3 is 1.91 bits per heavy atom. The molecule has 0 unspecified atom stereocenters. The third kappa shape index (κ3) is 11.4. The smallest absolute Gasteiger partial charge is 0.134 e. The second kappa shape index (κ2) is 19.7. The monoisotopic (exact) mass is 580 g/mol. The molecule has 0 amide bonds. The van der Waals surface area contributed by atoms with Gasteiger partial charge in [0.2, 0.25) is 0 Å². The lowest BCUT2D eigenvalue weighted by Crippen LogP contribution is -2.31. The number of nitrogens with zero attached hydrogens (tertiary/aromatic N) is 2. The molecule has 0 atom stereocenters. The second-order valence-electron chi connectivity index (χ2n) is 10.2.